The molecule has 2 fully saturated rings. The van der Waals surface area contributed by atoms with Gasteiger partial charge in [0.1, 0.15) is 12.4 Å². The van der Waals surface area contributed by atoms with Gasteiger partial charge in [0, 0.05) is 37.5 Å². The normalized spacial score (nSPS) is 21.0. The molecule has 0 aliphatic carbocycles. The predicted octanol–water partition coefficient (Wildman–Crippen LogP) is 3.16. The fourth-order valence-corrected chi connectivity index (χ4v) is 4.48. The van der Waals surface area contributed by atoms with Crippen molar-refractivity contribution >= 4 is 22.8 Å². The Morgan fingerprint density at radius 2 is 1.86 bits per heavy atom. The number of para-hydroxylation sites is 2. The van der Waals surface area contributed by atoms with E-state index in [1.807, 2.05) is 34.1 Å². The van der Waals surface area contributed by atoms with Crippen molar-refractivity contribution in [3.63, 3.8) is 0 Å². The van der Waals surface area contributed by atoms with E-state index >= 15 is 0 Å². The Bertz CT molecular complexity index is 890. The van der Waals surface area contributed by atoms with Crippen LogP contribution in [0.25, 0.3) is 11.0 Å². The molecule has 0 radical (unpaired) electrons. The van der Waals surface area contributed by atoms with E-state index in [9.17, 15) is 9.59 Å². The molecule has 2 aliphatic heterocycles. The lowest BCUT2D eigenvalue weighted by molar-refractivity contribution is -0.133. The monoisotopic (exact) mass is 382 g/mol. The molecule has 28 heavy (non-hydrogen) atoms. The largest absolute Gasteiger partial charge is 0.341 e. The number of hydrogen-bond acceptors (Lipinski definition) is 3. The topological polar surface area (TPSA) is 58.4 Å². The van der Waals surface area contributed by atoms with E-state index in [1.54, 1.807) is 0 Å². The molecular formula is C22H30N4O2. The molecule has 0 unspecified atom stereocenters. The summed E-state index contributed by atoms with van der Waals surface area (Å²) in [6.45, 7) is 8.85. The lowest BCUT2D eigenvalue weighted by Crippen LogP contribution is -2.42. The lowest BCUT2D eigenvalue weighted by atomic mass is 10.1. The standard InChI is InChI=1S/C22H30N4O2/c1-22(2,3)26-14-16(13-19(26)27)21-23-17-9-5-6-10-18(17)25(21)15-20(28)24-11-7-4-8-12-24/h5-6,9-10,16H,4,7-8,11-15H2,1-3H3/t16-/m0/s1. The number of rotatable bonds is 3. The van der Waals surface area contributed by atoms with Crippen LogP contribution < -0.4 is 0 Å². The highest BCUT2D eigenvalue weighted by atomic mass is 16.2. The number of imidazole rings is 1. The van der Waals surface area contributed by atoms with E-state index in [1.165, 1.54) is 6.42 Å². The number of fused-ring (bicyclic) bond motifs is 1. The van der Waals surface area contributed by atoms with E-state index in [4.69, 9.17) is 4.98 Å². The molecule has 150 valence electrons. The second kappa shape index (κ2) is 7.22. The molecule has 2 saturated heterocycles. The number of nitrogens with zero attached hydrogens (tertiary/aromatic N) is 4. The van der Waals surface area contributed by atoms with Crippen LogP contribution >= 0.6 is 0 Å². The van der Waals surface area contributed by atoms with Crippen LogP contribution in [-0.4, -0.2) is 56.3 Å². The Balaban J connectivity index is 1.66. The third-order valence-electron chi connectivity index (χ3n) is 5.99. The molecule has 6 heteroatoms. The summed E-state index contributed by atoms with van der Waals surface area (Å²) in [5.74, 6) is 1.21. The molecule has 4 rings (SSSR count). The number of likely N-dealkylation sites (tertiary alicyclic amines) is 2. The van der Waals surface area contributed by atoms with Crippen LogP contribution in [0, 0.1) is 0 Å². The number of hydrogen-bond donors (Lipinski definition) is 0. The van der Waals surface area contributed by atoms with Crippen LogP contribution in [0.5, 0.6) is 0 Å². The summed E-state index contributed by atoms with van der Waals surface area (Å²) in [7, 11) is 0. The maximum Gasteiger partial charge on any atom is 0.242 e. The highest BCUT2D eigenvalue weighted by Crippen LogP contribution is 2.34. The zero-order chi connectivity index (χ0) is 19.9. The molecule has 6 nitrogen and oxygen atoms in total. The van der Waals surface area contributed by atoms with E-state index in [2.05, 4.69) is 25.3 Å². The number of piperidine rings is 1. The molecule has 3 heterocycles. The third kappa shape index (κ3) is 3.52. The zero-order valence-electron chi connectivity index (χ0n) is 17.1. The average Bonchev–Trinajstić information content (AvgIpc) is 3.23. The van der Waals surface area contributed by atoms with Crippen LogP contribution in [0.15, 0.2) is 24.3 Å². The van der Waals surface area contributed by atoms with Gasteiger partial charge in [-0.15, -0.1) is 0 Å². The van der Waals surface area contributed by atoms with E-state index in [-0.39, 0.29) is 23.3 Å². The van der Waals surface area contributed by atoms with Gasteiger partial charge < -0.3 is 14.4 Å². The van der Waals surface area contributed by atoms with E-state index in [0.717, 1.165) is 42.8 Å². The molecule has 0 N–H and O–H groups in total. The van der Waals surface area contributed by atoms with E-state index < -0.39 is 0 Å². The maximum absolute atomic E-state index is 13.0. The van der Waals surface area contributed by atoms with Gasteiger partial charge in [0.25, 0.3) is 0 Å². The summed E-state index contributed by atoms with van der Waals surface area (Å²) < 4.78 is 2.05. The zero-order valence-corrected chi connectivity index (χ0v) is 17.1. The van der Waals surface area contributed by atoms with Gasteiger partial charge in [-0.1, -0.05) is 12.1 Å². The first-order valence-corrected chi connectivity index (χ1v) is 10.4. The van der Waals surface area contributed by atoms with E-state index in [0.29, 0.717) is 19.5 Å². The van der Waals surface area contributed by atoms with Crippen molar-refractivity contribution < 1.29 is 9.59 Å². The van der Waals surface area contributed by atoms with Crippen LogP contribution in [0.2, 0.25) is 0 Å². The number of benzene rings is 1. The number of aromatic nitrogens is 2. The van der Waals surface area contributed by atoms with Gasteiger partial charge >= 0.3 is 0 Å². The van der Waals surface area contributed by atoms with Crippen molar-refractivity contribution in [1.29, 1.82) is 0 Å². The smallest absolute Gasteiger partial charge is 0.242 e. The van der Waals surface area contributed by atoms with Crippen LogP contribution in [0.4, 0.5) is 0 Å². The van der Waals surface area contributed by atoms with Crippen LogP contribution in [0.1, 0.15) is 58.2 Å². The molecule has 2 aliphatic rings. The minimum absolute atomic E-state index is 0.0216. The van der Waals surface area contributed by atoms with Gasteiger partial charge in [-0.2, -0.15) is 0 Å². The first-order chi connectivity index (χ1) is 13.3. The summed E-state index contributed by atoms with van der Waals surface area (Å²) in [6, 6.07) is 7.96. The summed E-state index contributed by atoms with van der Waals surface area (Å²) >= 11 is 0. The minimum atomic E-state index is -0.202. The second-order valence-corrected chi connectivity index (χ2v) is 9.06. The molecular weight excluding hydrogens is 352 g/mol. The summed E-state index contributed by atoms with van der Waals surface area (Å²) in [5, 5.41) is 0. The average molecular weight is 383 g/mol. The van der Waals surface area contributed by atoms with Crippen molar-refractivity contribution in [2.45, 2.75) is 64.5 Å². The van der Waals surface area contributed by atoms with Gasteiger partial charge in [0.05, 0.1) is 11.0 Å². The van der Waals surface area contributed by atoms with Crippen LogP contribution in [-0.2, 0) is 16.1 Å². The SMILES string of the molecule is CC(C)(C)N1C[C@@H](c2nc3ccccc3n2CC(=O)N2CCCCC2)CC1=O. The quantitative estimate of drug-likeness (QED) is 0.819. The molecule has 0 spiro atoms. The summed E-state index contributed by atoms with van der Waals surface area (Å²) in [6.07, 6.45) is 3.83. The highest BCUT2D eigenvalue weighted by molar-refractivity contribution is 5.83. The fourth-order valence-electron chi connectivity index (χ4n) is 4.48. The molecule has 2 amide bonds. The van der Waals surface area contributed by atoms with Gasteiger partial charge in [-0.05, 0) is 52.2 Å². The van der Waals surface area contributed by atoms with Gasteiger partial charge in [-0.3, -0.25) is 9.59 Å². The van der Waals surface area contributed by atoms with Crippen molar-refractivity contribution in [3.8, 4) is 0 Å². The fraction of sp³-hybridized carbons (Fsp3) is 0.591. The Morgan fingerprint density at radius 1 is 1.14 bits per heavy atom. The minimum Gasteiger partial charge on any atom is -0.341 e. The predicted molar refractivity (Wildman–Crippen MR) is 109 cm³/mol. The van der Waals surface area contributed by atoms with Gasteiger partial charge in [-0.25, -0.2) is 4.98 Å². The van der Waals surface area contributed by atoms with Gasteiger partial charge in [0.2, 0.25) is 11.8 Å². The number of carbonyl (C=O) groups excluding carboxylic acids is 2. The van der Waals surface area contributed by atoms with Gasteiger partial charge in [0.15, 0.2) is 0 Å². The number of carbonyl (C=O) groups is 2. The molecule has 0 saturated carbocycles. The molecule has 1 aromatic carbocycles. The number of amides is 2. The molecule has 2 aromatic rings. The first kappa shape index (κ1) is 19.0. The Morgan fingerprint density at radius 3 is 2.54 bits per heavy atom. The molecule has 1 aromatic heterocycles. The Kier molecular flexibility index (Phi) is 4.89. The maximum atomic E-state index is 13.0. The summed E-state index contributed by atoms with van der Waals surface area (Å²) in [5.41, 5.74) is 1.67. The first-order valence-electron chi connectivity index (χ1n) is 10.4. The molecule has 1 atom stereocenters. The second-order valence-electron chi connectivity index (χ2n) is 9.06. The highest BCUT2D eigenvalue weighted by Gasteiger charge is 2.39. The van der Waals surface area contributed by atoms with Crippen LogP contribution in [0.3, 0.4) is 0 Å². The van der Waals surface area contributed by atoms with Crippen molar-refractivity contribution in [3.05, 3.63) is 30.1 Å². The third-order valence-corrected chi connectivity index (χ3v) is 5.99. The van der Waals surface area contributed by atoms with Crippen molar-refractivity contribution in [2.24, 2.45) is 0 Å². The summed E-state index contributed by atoms with van der Waals surface area (Å²) in [4.78, 5) is 34.3. The Hall–Kier alpha value is -2.37. The molecule has 0 bridgehead atoms. The van der Waals surface area contributed by atoms with Crippen molar-refractivity contribution in [1.82, 2.24) is 19.4 Å². The lowest BCUT2D eigenvalue weighted by Gasteiger charge is -2.32. The van der Waals surface area contributed by atoms with Crippen molar-refractivity contribution in [2.75, 3.05) is 19.6 Å². The Labute approximate surface area is 166 Å².